The molecule has 2 saturated heterocycles. The number of aromatic nitrogens is 2. The van der Waals surface area contributed by atoms with Gasteiger partial charge in [-0.3, -0.25) is 0 Å². The van der Waals surface area contributed by atoms with Crippen LogP contribution < -0.4 is 20.4 Å². The first-order chi connectivity index (χ1) is 11.9. The highest BCUT2D eigenvalue weighted by Crippen LogP contribution is 2.23. The number of hydrogen-bond donors (Lipinski definition) is 2. The maximum atomic E-state index is 4.50. The summed E-state index contributed by atoms with van der Waals surface area (Å²) in [5.41, 5.74) is 1.19. The Morgan fingerprint density at radius 2 is 1.71 bits per heavy atom. The number of anilines is 3. The summed E-state index contributed by atoms with van der Waals surface area (Å²) in [5, 5.41) is 6.99. The van der Waals surface area contributed by atoms with Crippen LogP contribution in [0.15, 0.2) is 42.7 Å². The molecule has 0 aliphatic carbocycles. The van der Waals surface area contributed by atoms with Gasteiger partial charge in [0.25, 0.3) is 0 Å². The third kappa shape index (κ3) is 3.43. The van der Waals surface area contributed by atoms with E-state index in [4.69, 9.17) is 0 Å². The van der Waals surface area contributed by atoms with E-state index in [0.29, 0.717) is 6.04 Å². The van der Waals surface area contributed by atoms with Gasteiger partial charge in [-0.2, -0.15) is 0 Å². The van der Waals surface area contributed by atoms with E-state index in [-0.39, 0.29) is 0 Å². The molecule has 0 amide bonds. The summed E-state index contributed by atoms with van der Waals surface area (Å²) >= 11 is 0. The van der Waals surface area contributed by atoms with Gasteiger partial charge < -0.3 is 20.4 Å². The van der Waals surface area contributed by atoms with Crippen molar-refractivity contribution in [1.82, 2.24) is 15.3 Å². The van der Waals surface area contributed by atoms with Crippen LogP contribution in [0.5, 0.6) is 0 Å². The van der Waals surface area contributed by atoms with Gasteiger partial charge in [0.1, 0.15) is 18.0 Å². The van der Waals surface area contributed by atoms with Crippen LogP contribution in [0.4, 0.5) is 17.3 Å². The zero-order valence-electron chi connectivity index (χ0n) is 13.9. The second kappa shape index (κ2) is 7.05. The number of nitrogens with one attached hydrogen (secondary N) is 2. The van der Waals surface area contributed by atoms with Crippen molar-refractivity contribution in [3.05, 3.63) is 42.7 Å². The molecule has 0 saturated carbocycles. The number of hydrogen-bond acceptors (Lipinski definition) is 6. The number of para-hydroxylation sites is 1. The smallest absolute Gasteiger partial charge is 0.134 e. The van der Waals surface area contributed by atoms with E-state index in [1.54, 1.807) is 6.33 Å². The lowest BCUT2D eigenvalue weighted by atomic mass is 10.2. The molecule has 1 atom stereocenters. The zero-order chi connectivity index (χ0) is 16.2. The molecule has 0 bridgehead atoms. The number of rotatable bonds is 4. The molecule has 126 valence electrons. The number of nitrogens with zero attached hydrogens (tertiary/aromatic N) is 4. The highest BCUT2D eigenvalue weighted by atomic mass is 15.3. The molecule has 1 unspecified atom stereocenters. The Bertz CT molecular complexity index is 656. The van der Waals surface area contributed by atoms with Crippen LogP contribution in [-0.4, -0.2) is 55.3 Å². The fraction of sp³-hybridized carbons (Fsp3) is 0.444. The first kappa shape index (κ1) is 15.2. The SMILES string of the molecule is c1ccc(NC2CCN(c3cc(N4CCNCC4)ncn3)C2)cc1. The molecule has 2 aliphatic rings. The third-order valence-electron chi connectivity index (χ3n) is 4.74. The third-order valence-corrected chi connectivity index (χ3v) is 4.74. The van der Waals surface area contributed by atoms with Gasteiger partial charge in [-0.15, -0.1) is 0 Å². The Morgan fingerprint density at radius 1 is 0.958 bits per heavy atom. The van der Waals surface area contributed by atoms with E-state index in [0.717, 1.165) is 57.3 Å². The average molecular weight is 324 g/mol. The van der Waals surface area contributed by atoms with Crippen molar-refractivity contribution in [2.24, 2.45) is 0 Å². The minimum Gasteiger partial charge on any atom is -0.380 e. The zero-order valence-corrected chi connectivity index (χ0v) is 13.9. The largest absolute Gasteiger partial charge is 0.380 e. The summed E-state index contributed by atoms with van der Waals surface area (Å²) < 4.78 is 0. The lowest BCUT2D eigenvalue weighted by Gasteiger charge is -2.29. The standard InChI is InChI=1S/C18H24N6/c1-2-4-15(5-3-1)22-16-6-9-24(13-16)18-12-17(20-14-21-18)23-10-7-19-8-11-23/h1-5,12,14,16,19,22H,6-11,13H2. The summed E-state index contributed by atoms with van der Waals surface area (Å²) in [7, 11) is 0. The van der Waals surface area contributed by atoms with Crippen LogP contribution in [0.25, 0.3) is 0 Å². The molecule has 3 heterocycles. The maximum Gasteiger partial charge on any atom is 0.134 e. The summed E-state index contributed by atoms with van der Waals surface area (Å²) in [6.07, 6.45) is 2.83. The monoisotopic (exact) mass is 324 g/mol. The van der Waals surface area contributed by atoms with Crippen molar-refractivity contribution < 1.29 is 0 Å². The summed E-state index contributed by atoms with van der Waals surface area (Å²) in [5.74, 6) is 2.08. The Labute approximate surface area is 142 Å². The van der Waals surface area contributed by atoms with Crippen LogP contribution in [0.1, 0.15) is 6.42 Å². The van der Waals surface area contributed by atoms with Crippen LogP contribution in [0.3, 0.4) is 0 Å². The van der Waals surface area contributed by atoms with Crippen molar-refractivity contribution in [1.29, 1.82) is 0 Å². The highest BCUT2D eigenvalue weighted by Gasteiger charge is 2.24. The Hall–Kier alpha value is -2.34. The van der Waals surface area contributed by atoms with Gasteiger partial charge in [-0.05, 0) is 18.6 Å². The fourth-order valence-electron chi connectivity index (χ4n) is 3.43. The van der Waals surface area contributed by atoms with E-state index in [1.165, 1.54) is 5.69 Å². The first-order valence-electron chi connectivity index (χ1n) is 8.73. The van der Waals surface area contributed by atoms with Gasteiger partial charge in [0.2, 0.25) is 0 Å². The average Bonchev–Trinajstić information content (AvgIpc) is 3.12. The van der Waals surface area contributed by atoms with Crippen LogP contribution >= 0.6 is 0 Å². The lowest BCUT2D eigenvalue weighted by molar-refractivity contribution is 0.584. The van der Waals surface area contributed by atoms with Crippen molar-refractivity contribution in [3.63, 3.8) is 0 Å². The van der Waals surface area contributed by atoms with Gasteiger partial charge in [-0.25, -0.2) is 9.97 Å². The molecular weight excluding hydrogens is 300 g/mol. The molecule has 6 heteroatoms. The molecule has 2 aromatic rings. The van der Waals surface area contributed by atoms with Crippen LogP contribution in [-0.2, 0) is 0 Å². The van der Waals surface area contributed by atoms with E-state index < -0.39 is 0 Å². The Balaban J connectivity index is 1.41. The molecule has 6 nitrogen and oxygen atoms in total. The number of benzene rings is 1. The molecule has 1 aromatic heterocycles. The lowest BCUT2D eigenvalue weighted by Crippen LogP contribution is -2.44. The van der Waals surface area contributed by atoms with Gasteiger partial charge in [0.15, 0.2) is 0 Å². The van der Waals surface area contributed by atoms with E-state index in [2.05, 4.69) is 60.7 Å². The van der Waals surface area contributed by atoms with Crippen molar-refractivity contribution in [2.75, 3.05) is 54.4 Å². The second-order valence-corrected chi connectivity index (χ2v) is 6.41. The molecule has 2 fully saturated rings. The summed E-state index contributed by atoms with van der Waals surface area (Å²) in [6, 6.07) is 13.0. The Morgan fingerprint density at radius 3 is 2.50 bits per heavy atom. The topological polar surface area (TPSA) is 56.3 Å². The van der Waals surface area contributed by atoms with Gasteiger partial charge >= 0.3 is 0 Å². The highest BCUT2D eigenvalue weighted by molar-refractivity contribution is 5.52. The van der Waals surface area contributed by atoms with Gasteiger partial charge in [0, 0.05) is 57.1 Å². The van der Waals surface area contributed by atoms with Crippen molar-refractivity contribution in [2.45, 2.75) is 12.5 Å². The van der Waals surface area contributed by atoms with E-state index >= 15 is 0 Å². The molecule has 2 aliphatic heterocycles. The quantitative estimate of drug-likeness (QED) is 0.890. The van der Waals surface area contributed by atoms with Crippen molar-refractivity contribution in [3.8, 4) is 0 Å². The van der Waals surface area contributed by atoms with Gasteiger partial charge in [0.05, 0.1) is 0 Å². The predicted molar refractivity (Wildman–Crippen MR) is 97.8 cm³/mol. The molecule has 4 rings (SSSR count). The van der Waals surface area contributed by atoms with E-state index in [1.807, 2.05) is 6.07 Å². The molecular formula is C18H24N6. The molecule has 2 N–H and O–H groups in total. The van der Waals surface area contributed by atoms with E-state index in [9.17, 15) is 0 Å². The van der Waals surface area contributed by atoms with Crippen LogP contribution in [0, 0.1) is 0 Å². The summed E-state index contributed by atoms with van der Waals surface area (Å²) in [6.45, 7) is 6.07. The fourth-order valence-corrected chi connectivity index (χ4v) is 3.43. The minimum absolute atomic E-state index is 0.463. The molecule has 0 spiro atoms. The molecule has 1 aromatic carbocycles. The number of piperazine rings is 1. The maximum absolute atomic E-state index is 4.50. The predicted octanol–water partition coefficient (Wildman–Crippen LogP) is 1.58. The minimum atomic E-state index is 0.463. The van der Waals surface area contributed by atoms with Crippen molar-refractivity contribution >= 4 is 17.3 Å². The second-order valence-electron chi connectivity index (χ2n) is 6.41. The first-order valence-corrected chi connectivity index (χ1v) is 8.73. The Kier molecular flexibility index (Phi) is 4.46. The van der Waals surface area contributed by atoms with Crippen LogP contribution in [0.2, 0.25) is 0 Å². The summed E-state index contributed by atoms with van der Waals surface area (Å²) in [4.78, 5) is 13.7. The van der Waals surface area contributed by atoms with Gasteiger partial charge in [-0.1, -0.05) is 18.2 Å². The molecule has 0 radical (unpaired) electrons. The normalized spacial score (nSPS) is 21.1. The molecule has 24 heavy (non-hydrogen) atoms.